The molecule has 0 amide bonds. The molecule has 3 rings (SSSR count). The number of anilines is 1. The zero-order chi connectivity index (χ0) is 18.9. The van der Waals surface area contributed by atoms with Crippen molar-refractivity contribution in [1.29, 1.82) is 0 Å². The Labute approximate surface area is 160 Å². The van der Waals surface area contributed by atoms with E-state index in [1.54, 1.807) is 14.2 Å². The number of nitrogens with one attached hydrogen (secondary N) is 2. The first-order valence-electron chi connectivity index (χ1n) is 9.29. The fourth-order valence-corrected chi connectivity index (χ4v) is 2.85. The summed E-state index contributed by atoms with van der Waals surface area (Å²) in [7, 11) is 3.45. The van der Waals surface area contributed by atoms with Crippen molar-refractivity contribution in [1.82, 2.24) is 5.32 Å². The number of guanidine groups is 1. The van der Waals surface area contributed by atoms with Crippen LogP contribution in [-0.4, -0.2) is 39.9 Å². The minimum Gasteiger partial charge on any atom is -0.497 e. The molecule has 1 heterocycles. The highest BCUT2D eigenvalue weighted by Gasteiger charge is 2.11. The molecule has 2 aromatic carbocycles. The maximum atomic E-state index is 5.73. The van der Waals surface area contributed by atoms with Crippen molar-refractivity contribution in [3.05, 3.63) is 48.0 Å². The fraction of sp³-hybridized carbons (Fsp3) is 0.381. The molecule has 0 bridgehead atoms. The lowest BCUT2D eigenvalue weighted by atomic mass is 10.1. The Hall–Kier alpha value is -2.89. The van der Waals surface area contributed by atoms with Crippen molar-refractivity contribution >= 4 is 11.6 Å². The van der Waals surface area contributed by atoms with Gasteiger partial charge >= 0.3 is 0 Å². The van der Waals surface area contributed by atoms with Crippen LogP contribution in [0.4, 0.5) is 5.69 Å². The van der Waals surface area contributed by atoms with Gasteiger partial charge in [0.05, 0.1) is 20.3 Å². The summed E-state index contributed by atoms with van der Waals surface area (Å²) < 4.78 is 16.6. The number of nitrogens with zero attached hydrogens (tertiary/aromatic N) is 1. The number of hydrogen-bond acceptors (Lipinski definition) is 4. The molecule has 0 unspecified atom stereocenters. The molecule has 0 radical (unpaired) electrons. The van der Waals surface area contributed by atoms with E-state index in [9.17, 15) is 0 Å². The standard InChI is InChI=1S/C21H27N3O3/c1-22-21(23-12-3-5-16-6-9-18(25-2)10-7-16)24-17-8-11-19-20(15-17)27-14-4-13-26-19/h6-11,15H,3-5,12-14H2,1-2H3,(H2,22,23,24). The van der Waals surface area contributed by atoms with Gasteiger partial charge in [-0.25, -0.2) is 0 Å². The molecule has 1 aliphatic rings. The predicted molar refractivity (Wildman–Crippen MR) is 108 cm³/mol. The number of hydrogen-bond donors (Lipinski definition) is 2. The van der Waals surface area contributed by atoms with Gasteiger partial charge in [-0.05, 0) is 42.7 Å². The van der Waals surface area contributed by atoms with Gasteiger partial charge in [0.25, 0.3) is 0 Å². The van der Waals surface area contributed by atoms with Crippen LogP contribution in [0.1, 0.15) is 18.4 Å². The molecule has 6 nitrogen and oxygen atoms in total. The van der Waals surface area contributed by atoms with E-state index in [0.717, 1.165) is 54.7 Å². The van der Waals surface area contributed by atoms with Gasteiger partial charge in [0, 0.05) is 31.8 Å². The van der Waals surface area contributed by atoms with Crippen molar-refractivity contribution in [3.8, 4) is 17.2 Å². The summed E-state index contributed by atoms with van der Waals surface area (Å²) in [5, 5.41) is 6.64. The summed E-state index contributed by atoms with van der Waals surface area (Å²) in [5.41, 5.74) is 2.21. The van der Waals surface area contributed by atoms with Crippen LogP contribution < -0.4 is 24.8 Å². The third-order valence-electron chi connectivity index (χ3n) is 4.33. The Morgan fingerprint density at radius 3 is 2.59 bits per heavy atom. The van der Waals surface area contributed by atoms with Crippen LogP contribution >= 0.6 is 0 Å². The van der Waals surface area contributed by atoms with Crippen molar-refractivity contribution in [2.45, 2.75) is 19.3 Å². The molecular weight excluding hydrogens is 342 g/mol. The smallest absolute Gasteiger partial charge is 0.195 e. The molecule has 0 aliphatic carbocycles. The largest absolute Gasteiger partial charge is 0.497 e. The Bertz CT molecular complexity index is 760. The topological polar surface area (TPSA) is 64.1 Å². The first-order chi connectivity index (χ1) is 13.3. The normalized spacial score (nSPS) is 13.6. The second-order valence-electron chi connectivity index (χ2n) is 6.29. The molecule has 1 aliphatic heterocycles. The van der Waals surface area contributed by atoms with Crippen LogP contribution in [-0.2, 0) is 6.42 Å². The monoisotopic (exact) mass is 369 g/mol. The van der Waals surface area contributed by atoms with Gasteiger partial charge < -0.3 is 24.8 Å². The van der Waals surface area contributed by atoms with E-state index in [0.29, 0.717) is 13.2 Å². The first kappa shape index (κ1) is 18.9. The average Bonchev–Trinajstić information content (AvgIpc) is 2.95. The van der Waals surface area contributed by atoms with Gasteiger partial charge in [-0.3, -0.25) is 4.99 Å². The lowest BCUT2D eigenvalue weighted by Crippen LogP contribution is -2.31. The third kappa shape index (κ3) is 5.54. The second kappa shape index (κ2) is 9.71. The van der Waals surface area contributed by atoms with E-state index in [1.165, 1.54) is 5.56 Å². The molecule has 0 atom stereocenters. The number of fused-ring (bicyclic) bond motifs is 1. The van der Waals surface area contributed by atoms with Crippen LogP contribution in [0.5, 0.6) is 17.2 Å². The van der Waals surface area contributed by atoms with Crippen LogP contribution in [0.25, 0.3) is 0 Å². The molecule has 2 N–H and O–H groups in total. The fourth-order valence-electron chi connectivity index (χ4n) is 2.85. The number of aliphatic imine (C=N–C) groups is 1. The molecule has 0 fully saturated rings. The Kier molecular flexibility index (Phi) is 6.79. The lowest BCUT2D eigenvalue weighted by molar-refractivity contribution is 0.297. The van der Waals surface area contributed by atoms with E-state index < -0.39 is 0 Å². The van der Waals surface area contributed by atoms with E-state index in [1.807, 2.05) is 30.3 Å². The van der Waals surface area contributed by atoms with Gasteiger partial charge in [0.1, 0.15) is 5.75 Å². The second-order valence-corrected chi connectivity index (χ2v) is 6.29. The van der Waals surface area contributed by atoms with E-state index in [2.05, 4.69) is 27.8 Å². The maximum Gasteiger partial charge on any atom is 0.195 e. The molecule has 2 aromatic rings. The SMILES string of the molecule is CN=C(NCCCc1ccc(OC)cc1)Nc1ccc2c(c1)OCCCO2. The number of rotatable bonds is 6. The summed E-state index contributed by atoms with van der Waals surface area (Å²) >= 11 is 0. The van der Waals surface area contributed by atoms with E-state index >= 15 is 0 Å². The highest BCUT2D eigenvalue weighted by molar-refractivity contribution is 5.93. The molecule has 6 heteroatoms. The Balaban J connectivity index is 1.47. The van der Waals surface area contributed by atoms with E-state index in [4.69, 9.17) is 14.2 Å². The summed E-state index contributed by atoms with van der Waals surface area (Å²) in [6.45, 7) is 2.20. The van der Waals surface area contributed by atoms with Gasteiger partial charge in [0.15, 0.2) is 17.5 Å². The van der Waals surface area contributed by atoms with Crippen LogP contribution in [0, 0.1) is 0 Å². The third-order valence-corrected chi connectivity index (χ3v) is 4.33. The summed E-state index contributed by atoms with van der Waals surface area (Å²) in [4.78, 5) is 4.29. The number of ether oxygens (including phenoxy) is 3. The highest BCUT2D eigenvalue weighted by Crippen LogP contribution is 2.32. The van der Waals surface area contributed by atoms with Crippen LogP contribution in [0.15, 0.2) is 47.5 Å². The van der Waals surface area contributed by atoms with Gasteiger partial charge in [-0.1, -0.05) is 12.1 Å². The summed E-state index contributed by atoms with van der Waals surface area (Å²) in [5.74, 6) is 3.18. The first-order valence-corrected chi connectivity index (χ1v) is 9.29. The Morgan fingerprint density at radius 1 is 1.07 bits per heavy atom. The molecular formula is C21H27N3O3. The van der Waals surface area contributed by atoms with Gasteiger partial charge in [0.2, 0.25) is 0 Å². The molecule has 0 spiro atoms. The highest BCUT2D eigenvalue weighted by atomic mass is 16.5. The molecule has 0 saturated heterocycles. The quantitative estimate of drug-likeness (QED) is 0.464. The molecule has 0 saturated carbocycles. The molecule has 0 aromatic heterocycles. The van der Waals surface area contributed by atoms with Crippen LogP contribution in [0.3, 0.4) is 0 Å². The number of methoxy groups -OCH3 is 1. The summed E-state index contributed by atoms with van der Waals surface area (Å²) in [6.07, 6.45) is 2.90. The van der Waals surface area contributed by atoms with Gasteiger partial charge in [-0.2, -0.15) is 0 Å². The van der Waals surface area contributed by atoms with Crippen LogP contribution in [0.2, 0.25) is 0 Å². The summed E-state index contributed by atoms with van der Waals surface area (Å²) in [6, 6.07) is 14.0. The average molecular weight is 369 g/mol. The van der Waals surface area contributed by atoms with Crippen molar-refractivity contribution < 1.29 is 14.2 Å². The molecule has 144 valence electrons. The zero-order valence-electron chi connectivity index (χ0n) is 16.0. The minimum absolute atomic E-state index is 0.675. The van der Waals surface area contributed by atoms with Gasteiger partial charge in [-0.15, -0.1) is 0 Å². The lowest BCUT2D eigenvalue weighted by Gasteiger charge is -2.14. The number of benzene rings is 2. The zero-order valence-corrected chi connectivity index (χ0v) is 16.0. The predicted octanol–water partition coefficient (Wildman–Crippen LogP) is 3.48. The maximum absolute atomic E-state index is 5.73. The minimum atomic E-state index is 0.675. The van der Waals surface area contributed by atoms with E-state index in [-0.39, 0.29) is 0 Å². The molecule has 27 heavy (non-hydrogen) atoms. The number of aryl methyl sites for hydroxylation is 1. The van der Waals surface area contributed by atoms with Crippen molar-refractivity contribution in [2.75, 3.05) is 39.2 Å². The Morgan fingerprint density at radius 2 is 1.85 bits per heavy atom. The van der Waals surface area contributed by atoms with Crippen molar-refractivity contribution in [2.24, 2.45) is 4.99 Å². The van der Waals surface area contributed by atoms with Crippen molar-refractivity contribution in [3.63, 3.8) is 0 Å².